The Bertz CT molecular complexity index is 809. The van der Waals surface area contributed by atoms with E-state index in [0.717, 1.165) is 16.7 Å². The average molecular weight is 389 g/mol. The van der Waals surface area contributed by atoms with Crippen LogP contribution in [0.15, 0.2) is 28.7 Å². The number of nitrogens with zero attached hydrogens (tertiary/aromatic N) is 1. The summed E-state index contributed by atoms with van der Waals surface area (Å²) in [6.07, 6.45) is 6.38. The minimum absolute atomic E-state index is 0.108. The van der Waals surface area contributed by atoms with Gasteiger partial charge in [-0.25, -0.2) is 0 Å². The fraction of sp³-hybridized carbons (Fsp3) is 0.524. The third-order valence-corrected chi connectivity index (χ3v) is 6.52. The lowest BCUT2D eigenvalue weighted by Crippen LogP contribution is -2.42. The predicted octanol–water partition coefficient (Wildman–Crippen LogP) is 4.33. The molecule has 0 radical (unpaired) electrons. The van der Waals surface area contributed by atoms with E-state index in [0.29, 0.717) is 16.6 Å². The van der Waals surface area contributed by atoms with Crippen molar-refractivity contribution in [2.24, 2.45) is 5.73 Å². The van der Waals surface area contributed by atoms with E-state index in [4.69, 9.17) is 10.2 Å². The lowest BCUT2D eigenvalue weighted by molar-refractivity contribution is -0.119. The van der Waals surface area contributed by atoms with Gasteiger partial charge in [-0.15, -0.1) is 0 Å². The summed E-state index contributed by atoms with van der Waals surface area (Å²) in [5.74, 6) is 0.297. The Balaban J connectivity index is 1.91. The highest BCUT2D eigenvalue weighted by atomic mass is 32.2. The van der Waals surface area contributed by atoms with Crippen molar-refractivity contribution < 1.29 is 14.0 Å². The smallest absolute Gasteiger partial charge is 0.290 e. The molecule has 0 spiro atoms. The Morgan fingerprint density at radius 1 is 1.22 bits per heavy atom. The zero-order valence-corrected chi connectivity index (χ0v) is 16.9. The first-order valence-electron chi connectivity index (χ1n) is 9.68. The number of hydrogen-bond acceptors (Lipinski definition) is 4. The SMILES string of the molecule is CC(C)N(CC(N)=O)C(=O)c1oc2ccccc2c1CSC1CCCCC1. The summed E-state index contributed by atoms with van der Waals surface area (Å²) in [5, 5.41) is 1.62. The minimum Gasteiger partial charge on any atom is -0.451 e. The Morgan fingerprint density at radius 2 is 1.93 bits per heavy atom. The molecule has 0 bridgehead atoms. The number of benzene rings is 1. The second kappa shape index (κ2) is 8.83. The summed E-state index contributed by atoms with van der Waals surface area (Å²) in [5.41, 5.74) is 6.99. The van der Waals surface area contributed by atoms with Gasteiger partial charge in [-0.1, -0.05) is 37.5 Å². The van der Waals surface area contributed by atoms with Crippen molar-refractivity contribution in [2.75, 3.05) is 6.54 Å². The Morgan fingerprint density at radius 3 is 2.59 bits per heavy atom. The molecule has 0 atom stereocenters. The molecule has 1 aromatic carbocycles. The van der Waals surface area contributed by atoms with Crippen molar-refractivity contribution in [3.63, 3.8) is 0 Å². The third kappa shape index (κ3) is 4.67. The number of rotatable bonds is 7. The number of furan rings is 1. The van der Waals surface area contributed by atoms with Crippen LogP contribution in [0.3, 0.4) is 0 Å². The van der Waals surface area contributed by atoms with Gasteiger partial charge in [0.2, 0.25) is 5.91 Å². The van der Waals surface area contributed by atoms with Crippen LogP contribution in [0.2, 0.25) is 0 Å². The van der Waals surface area contributed by atoms with Crippen LogP contribution in [-0.4, -0.2) is 34.6 Å². The van der Waals surface area contributed by atoms with E-state index in [-0.39, 0.29) is 18.5 Å². The van der Waals surface area contributed by atoms with Crippen molar-refractivity contribution in [1.29, 1.82) is 0 Å². The summed E-state index contributed by atoms with van der Waals surface area (Å²) < 4.78 is 5.96. The van der Waals surface area contributed by atoms with Gasteiger partial charge in [-0.3, -0.25) is 9.59 Å². The molecule has 1 aliphatic rings. The lowest BCUT2D eigenvalue weighted by Gasteiger charge is -2.25. The van der Waals surface area contributed by atoms with Crippen LogP contribution >= 0.6 is 11.8 Å². The number of thioether (sulfide) groups is 1. The van der Waals surface area contributed by atoms with E-state index >= 15 is 0 Å². The maximum atomic E-state index is 13.2. The molecular weight excluding hydrogens is 360 g/mol. The summed E-state index contributed by atoms with van der Waals surface area (Å²) in [4.78, 5) is 26.1. The van der Waals surface area contributed by atoms with E-state index in [1.807, 2.05) is 49.9 Å². The molecule has 3 rings (SSSR count). The normalized spacial score (nSPS) is 15.4. The molecule has 6 heteroatoms. The first kappa shape index (κ1) is 19.8. The molecule has 0 aliphatic heterocycles. The van der Waals surface area contributed by atoms with Crippen molar-refractivity contribution in [3.05, 3.63) is 35.6 Å². The predicted molar refractivity (Wildman–Crippen MR) is 110 cm³/mol. The highest BCUT2D eigenvalue weighted by molar-refractivity contribution is 7.99. The van der Waals surface area contributed by atoms with Crippen molar-refractivity contribution in [3.8, 4) is 0 Å². The molecule has 146 valence electrons. The molecule has 1 saturated carbocycles. The van der Waals surface area contributed by atoms with E-state index < -0.39 is 5.91 Å². The fourth-order valence-corrected chi connectivity index (χ4v) is 4.99. The molecule has 1 heterocycles. The van der Waals surface area contributed by atoms with Gasteiger partial charge in [0.25, 0.3) is 5.91 Å². The maximum absolute atomic E-state index is 13.2. The van der Waals surface area contributed by atoms with Crippen molar-refractivity contribution in [1.82, 2.24) is 4.90 Å². The fourth-order valence-electron chi connectivity index (χ4n) is 3.64. The van der Waals surface area contributed by atoms with Gasteiger partial charge < -0.3 is 15.1 Å². The molecule has 2 aromatic rings. The number of nitrogens with two attached hydrogens (primary N) is 1. The van der Waals surface area contributed by atoms with Crippen LogP contribution in [0.4, 0.5) is 0 Å². The first-order valence-corrected chi connectivity index (χ1v) is 10.7. The van der Waals surface area contributed by atoms with Gasteiger partial charge in [0, 0.05) is 28.0 Å². The number of amides is 2. The van der Waals surface area contributed by atoms with E-state index in [1.165, 1.54) is 37.0 Å². The van der Waals surface area contributed by atoms with Gasteiger partial charge in [0.05, 0.1) is 6.54 Å². The molecule has 1 fully saturated rings. The summed E-state index contributed by atoms with van der Waals surface area (Å²) in [6, 6.07) is 7.61. The zero-order valence-electron chi connectivity index (χ0n) is 16.1. The van der Waals surface area contributed by atoms with E-state index in [1.54, 1.807) is 0 Å². The Labute approximate surface area is 164 Å². The Hall–Kier alpha value is -1.95. The van der Waals surface area contributed by atoms with Crippen molar-refractivity contribution >= 4 is 34.5 Å². The van der Waals surface area contributed by atoms with E-state index in [2.05, 4.69) is 0 Å². The molecule has 1 aromatic heterocycles. The van der Waals surface area contributed by atoms with Crippen LogP contribution in [0.1, 0.15) is 62.1 Å². The van der Waals surface area contributed by atoms with Crippen LogP contribution in [0, 0.1) is 0 Å². The second-order valence-electron chi connectivity index (χ2n) is 7.47. The first-order chi connectivity index (χ1) is 13.0. The molecule has 0 unspecified atom stereocenters. The van der Waals surface area contributed by atoms with Crippen LogP contribution < -0.4 is 5.73 Å². The van der Waals surface area contributed by atoms with Gasteiger partial charge in [-0.05, 0) is 32.8 Å². The molecular formula is C21H28N2O3S. The monoisotopic (exact) mass is 388 g/mol. The minimum atomic E-state index is -0.522. The van der Waals surface area contributed by atoms with Crippen molar-refractivity contribution in [2.45, 2.75) is 63.0 Å². The second-order valence-corrected chi connectivity index (χ2v) is 8.76. The molecule has 1 aliphatic carbocycles. The lowest BCUT2D eigenvalue weighted by atomic mass is 10.0. The largest absolute Gasteiger partial charge is 0.451 e. The third-order valence-electron chi connectivity index (χ3n) is 5.12. The number of hydrogen-bond donors (Lipinski definition) is 1. The topological polar surface area (TPSA) is 76.5 Å². The summed E-state index contributed by atoms with van der Waals surface area (Å²) in [7, 11) is 0. The average Bonchev–Trinajstić information content (AvgIpc) is 3.03. The molecule has 27 heavy (non-hydrogen) atoms. The van der Waals surface area contributed by atoms with Crippen LogP contribution in [0.25, 0.3) is 11.0 Å². The zero-order chi connectivity index (χ0) is 19.4. The van der Waals surface area contributed by atoms with Gasteiger partial charge in [-0.2, -0.15) is 11.8 Å². The Kier molecular flexibility index (Phi) is 6.47. The molecule has 2 amide bonds. The van der Waals surface area contributed by atoms with E-state index in [9.17, 15) is 9.59 Å². The standard InChI is InChI=1S/C21H28N2O3S/c1-14(2)23(12-19(22)24)21(25)20-17(13-27-15-8-4-3-5-9-15)16-10-6-7-11-18(16)26-20/h6-7,10-11,14-15H,3-5,8-9,12-13H2,1-2H3,(H2,22,24). The van der Waals surface area contributed by atoms with Crippen LogP contribution in [0.5, 0.6) is 0 Å². The highest BCUT2D eigenvalue weighted by Crippen LogP contribution is 2.35. The quantitative estimate of drug-likeness (QED) is 0.766. The summed E-state index contributed by atoms with van der Waals surface area (Å²) in [6.45, 7) is 3.64. The van der Waals surface area contributed by atoms with Gasteiger partial charge >= 0.3 is 0 Å². The maximum Gasteiger partial charge on any atom is 0.290 e. The van der Waals surface area contributed by atoms with Gasteiger partial charge in [0.15, 0.2) is 5.76 Å². The number of carbonyl (C=O) groups excluding carboxylic acids is 2. The van der Waals surface area contributed by atoms with Gasteiger partial charge in [0.1, 0.15) is 5.58 Å². The summed E-state index contributed by atoms with van der Waals surface area (Å²) >= 11 is 1.91. The number of primary amides is 1. The molecule has 2 N–H and O–H groups in total. The number of carbonyl (C=O) groups is 2. The number of fused-ring (bicyclic) bond motifs is 1. The molecule has 5 nitrogen and oxygen atoms in total. The molecule has 0 saturated heterocycles. The number of para-hydroxylation sites is 1. The highest BCUT2D eigenvalue weighted by Gasteiger charge is 2.28. The van der Waals surface area contributed by atoms with Crippen LogP contribution in [-0.2, 0) is 10.5 Å².